The van der Waals surface area contributed by atoms with Crippen molar-refractivity contribution in [2.75, 3.05) is 33.5 Å². The van der Waals surface area contributed by atoms with Gasteiger partial charge in [-0.25, -0.2) is 0 Å². The first-order chi connectivity index (χ1) is 6.70. The summed E-state index contributed by atoms with van der Waals surface area (Å²) in [5.74, 6) is 0. The summed E-state index contributed by atoms with van der Waals surface area (Å²) >= 11 is 0. The molecule has 84 valence electrons. The zero-order chi connectivity index (χ0) is 10.4. The predicted molar refractivity (Wildman–Crippen MR) is 54.3 cm³/mol. The third-order valence-corrected chi connectivity index (χ3v) is 2.61. The molecule has 14 heavy (non-hydrogen) atoms. The van der Waals surface area contributed by atoms with E-state index in [0.29, 0.717) is 19.1 Å². The second-order valence-electron chi connectivity index (χ2n) is 4.17. The molecule has 1 aliphatic rings. The molecule has 1 aliphatic heterocycles. The fourth-order valence-corrected chi connectivity index (χ4v) is 1.89. The Morgan fingerprint density at radius 1 is 1.64 bits per heavy atom. The summed E-state index contributed by atoms with van der Waals surface area (Å²) in [6.07, 6.45) is 1.75. The number of rotatable bonds is 6. The van der Waals surface area contributed by atoms with Crippen molar-refractivity contribution in [1.29, 1.82) is 0 Å². The highest BCUT2D eigenvalue weighted by Crippen LogP contribution is 2.14. The summed E-state index contributed by atoms with van der Waals surface area (Å²) in [6.45, 7) is 4.47. The van der Waals surface area contributed by atoms with Crippen LogP contribution in [0, 0.1) is 0 Å². The Balaban J connectivity index is 2.39. The topological polar surface area (TPSA) is 50.7 Å². The monoisotopic (exact) mass is 203 g/mol. The van der Waals surface area contributed by atoms with Crippen LogP contribution in [-0.4, -0.2) is 50.2 Å². The van der Waals surface area contributed by atoms with E-state index in [2.05, 4.69) is 12.2 Å². The van der Waals surface area contributed by atoms with E-state index in [9.17, 15) is 0 Å². The van der Waals surface area contributed by atoms with Crippen molar-refractivity contribution in [3.8, 4) is 0 Å². The number of hydrogen-bond donors (Lipinski definition) is 2. The van der Waals surface area contributed by atoms with E-state index in [4.69, 9.17) is 14.6 Å². The SMILES string of the molecule is COCC(C)(CCO)NC1CCOC1. The lowest BCUT2D eigenvalue weighted by atomic mass is 9.97. The van der Waals surface area contributed by atoms with Gasteiger partial charge in [0, 0.05) is 31.9 Å². The Hall–Kier alpha value is -0.160. The van der Waals surface area contributed by atoms with Gasteiger partial charge in [-0.05, 0) is 19.8 Å². The second-order valence-corrected chi connectivity index (χ2v) is 4.17. The van der Waals surface area contributed by atoms with E-state index in [1.807, 2.05) is 0 Å². The van der Waals surface area contributed by atoms with E-state index >= 15 is 0 Å². The Kier molecular flexibility index (Phi) is 4.81. The molecule has 0 bridgehead atoms. The van der Waals surface area contributed by atoms with Crippen molar-refractivity contribution >= 4 is 0 Å². The lowest BCUT2D eigenvalue weighted by Gasteiger charge is -2.32. The van der Waals surface area contributed by atoms with Crippen molar-refractivity contribution in [2.24, 2.45) is 0 Å². The highest BCUT2D eigenvalue weighted by Gasteiger charge is 2.28. The van der Waals surface area contributed by atoms with Crippen LogP contribution < -0.4 is 5.32 Å². The lowest BCUT2D eigenvalue weighted by molar-refractivity contribution is 0.0868. The van der Waals surface area contributed by atoms with Crippen molar-refractivity contribution in [3.63, 3.8) is 0 Å². The predicted octanol–water partition coefficient (Wildman–Crippen LogP) is 0.152. The molecule has 4 heteroatoms. The third kappa shape index (κ3) is 3.53. The van der Waals surface area contributed by atoms with Gasteiger partial charge in [-0.2, -0.15) is 0 Å². The Bertz CT molecular complexity index is 151. The first-order valence-electron chi connectivity index (χ1n) is 5.15. The van der Waals surface area contributed by atoms with Gasteiger partial charge in [0.1, 0.15) is 0 Å². The highest BCUT2D eigenvalue weighted by molar-refractivity contribution is 4.87. The molecule has 0 aromatic carbocycles. The van der Waals surface area contributed by atoms with Crippen molar-refractivity contribution < 1.29 is 14.6 Å². The van der Waals surface area contributed by atoms with E-state index in [1.54, 1.807) is 7.11 Å². The molecule has 0 saturated carbocycles. The van der Waals surface area contributed by atoms with Crippen LogP contribution in [0.5, 0.6) is 0 Å². The Labute approximate surface area is 85.6 Å². The van der Waals surface area contributed by atoms with E-state index < -0.39 is 0 Å². The molecule has 1 rings (SSSR count). The summed E-state index contributed by atoms with van der Waals surface area (Å²) in [5, 5.41) is 12.5. The van der Waals surface area contributed by atoms with Crippen LogP contribution in [0.25, 0.3) is 0 Å². The molecule has 0 aliphatic carbocycles. The molecule has 2 unspecified atom stereocenters. The highest BCUT2D eigenvalue weighted by atomic mass is 16.5. The molecule has 1 fully saturated rings. The maximum Gasteiger partial charge on any atom is 0.0642 e. The molecule has 0 radical (unpaired) electrons. The first kappa shape index (κ1) is 11.9. The first-order valence-corrected chi connectivity index (χ1v) is 5.15. The normalized spacial score (nSPS) is 26.4. The molecule has 4 nitrogen and oxygen atoms in total. The second kappa shape index (κ2) is 5.66. The van der Waals surface area contributed by atoms with Gasteiger partial charge in [0.2, 0.25) is 0 Å². The van der Waals surface area contributed by atoms with Crippen LogP contribution in [0.15, 0.2) is 0 Å². The lowest BCUT2D eigenvalue weighted by Crippen LogP contribution is -2.52. The molecule has 0 aromatic rings. The summed E-state index contributed by atoms with van der Waals surface area (Å²) in [7, 11) is 1.68. The molecule has 1 heterocycles. The minimum absolute atomic E-state index is 0.137. The minimum Gasteiger partial charge on any atom is -0.396 e. The Morgan fingerprint density at radius 2 is 2.43 bits per heavy atom. The number of nitrogens with one attached hydrogen (secondary N) is 1. The number of aliphatic hydroxyl groups excluding tert-OH is 1. The van der Waals surface area contributed by atoms with Gasteiger partial charge in [-0.15, -0.1) is 0 Å². The van der Waals surface area contributed by atoms with Gasteiger partial charge in [0.25, 0.3) is 0 Å². The molecule has 0 aromatic heterocycles. The van der Waals surface area contributed by atoms with Crippen LogP contribution in [0.3, 0.4) is 0 Å². The third-order valence-electron chi connectivity index (χ3n) is 2.61. The summed E-state index contributed by atoms with van der Waals surface area (Å²) in [6, 6.07) is 0.404. The van der Waals surface area contributed by atoms with Gasteiger partial charge in [-0.3, -0.25) is 0 Å². The average molecular weight is 203 g/mol. The van der Waals surface area contributed by atoms with Crippen molar-refractivity contribution in [3.05, 3.63) is 0 Å². The fourth-order valence-electron chi connectivity index (χ4n) is 1.89. The van der Waals surface area contributed by atoms with Gasteiger partial charge in [0.05, 0.1) is 13.2 Å². The number of hydrogen-bond acceptors (Lipinski definition) is 4. The number of aliphatic hydroxyl groups is 1. The maximum atomic E-state index is 8.98. The van der Waals surface area contributed by atoms with Crippen LogP contribution in [0.1, 0.15) is 19.8 Å². The van der Waals surface area contributed by atoms with Crippen LogP contribution >= 0.6 is 0 Å². The van der Waals surface area contributed by atoms with Gasteiger partial charge < -0.3 is 19.9 Å². The van der Waals surface area contributed by atoms with Gasteiger partial charge in [0.15, 0.2) is 0 Å². The van der Waals surface area contributed by atoms with Crippen molar-refractivity contribution in [1.82, 2.24) is 5.32 Å². The maximum absolute atomic E-state index is 8.98. The molecule has 0 spiro atoms. The summed E-state index contributed by atoms with van der Waals surface area (Å²) < 4.78 is 10.4. The molecule has 2 atom stereocenters. The largest absolute Gasteiger partial charge is 0.396 e. The van der Waals surface area contributed by atoms with E-state index in [1.165, 1.54) is 0 Å². The molecular formula is C10H21NO3. The quantitative estimate of drug-likeness (QED) is 0.645. The van der Waals surface area contributed by atoms with Crippen LogP contribution in [0.4, 0.5) is 0 Å². The van der Waals surface area contributed by atoms with Crippen LogP contribution in [0.2, 0.25) is 0 Å². The number of methoxy groups -OCH3 is 1. The number of ether oxygens (including phenoxy) is 2. The molecule has 0 amide bonds. The summed E-state index contributed by atoms with van der Waals surface area (Å²) in [5.41, 5.74) is -0.137. The van der Waals surface area contributed by atoms with E-state index in [-0.39, 0.29) is 12.1 Å². The van der Waals surface area contributed by atoms with Gasteiger partial charge in [-0.1, -0.05) is 0 Å². The smallest absolute Gasteiger partial charge is 0.0642 e. The zero-order valence-electron chi connectivity index (χ0n) is 9.08. The molecular weight excluding hydrogens is 182 g/mol. The standard InChI is InChI=1S/C10H21NO3/c1-10(4-5-12,8-13-2)11-9-3-6-14-7-9/h9,11-12H,3-8H2,1-2H3. The average Bonchev–Trinajstić information content (AvgIpc) is 2.57. The zero-order valence-corrected chi connectivity index (χ0v) is 9.08. The summed E-state index contributed by atoms with van der Waals surface area (Å²) in [4.78, 5) is 0. The van der Waals surface area contributed by atoms with Crippen molar-refractivity contribution in [2.45, 2.75) is 31.3 Å². The fraction of sp³-hybridized carbons (Fsp3) is 1.00. The molecule has 1 saturated heterocycles. The Morgan fingerprint density at radius 3 is 2.93 bits per heavy atom. The molecule has 2 N–H and O–H groups in total. The van der Waals surface area contributed by atoms with E-state index in [0.717, 1.165) is 19.6 Å². The minimum atomic E-state index is -0.137. The van der Waals surface area contributed by atoms with Crippen LogP contribution in [-0.2, 0) is 9.47 Å². The van der Waals surface area contributed by atoms with Gasteiger partial charge >= 0.3 is 0 Å².